The normalized spacial score (nSPS) is 12.2. The molecule has 3 heterocycles. The fourth-order valence-corrected chi connectivity index (χ4v) is 3.66. The molecular weight excluding hydrogens is 348 g/mol. The molecule has 7 nitrogen and oxygen atoms in total. The van der Waals surface area contributed by atoms with Crippen LogP contribution in [0.4, 0.5) is 4.79 Å². The first-order valence-electron chi connectivity index (χ1n) is 7.00. The minimum absolute atomic E-state index is 0.0393. The summed E-state index contributed by atoms with van der Waals surface area (Å²) in [6.07, 6.45) is -1.09. The number of nitrogens with zero attached hydrogens (tertiary/aromatic N) is 3. The van der Waals surface area contributed by atoms with Crippen LogP contribution in [-0.2, 0) is 0 Å². The summed E-state index contributed by atoms with van der Waals surface area (Å²) in [5.41, 5.74) is 6.99. The van der Waals surface area contributed by atoms with E-state index in [1.165, 1.54) is 29.7 Å². The number of hydrogen-bond donors (Lipinski definition) is 2. The Morgan fingerprint density at radius 3 is 2.75 bits per heavy atom. The molecule has 0 aliphatic rings. The van der Waals surface area contributed by atoms with Crippen LogP contribution < -0.4 is 5.73 Å². The molecule has 124 valence electrons. The summed E-state index contributed by atoms with van der Waals surface area (Å²) < 4.78 is 0.705. The summed E-state index contributed by atoms with van der Waals surface area (Å²) >= 11 is 2.74. The molecule has 24 heavy (non-hydrogen) atoms. The molecule has 1 amide bonds. The number of carboxylic acid groups (broad SMARTS) is 1. The highest BCUT2D eigenvalue weighted by Crippen LogP contribution is 2.26. The zero-order chi connectivity index (χ0) is 17.3. The zero-order valence-corrected chi connectivity index (χ0v) is 14.3. The number of carbonyl (C=O) groups is 2. The Hall–Kier alpha value is -2.36. The molecule has 0 aliphatic heterocycles. The molecule has 3 N–H and O–H groups in total. The molecule has 3 aromatic heterocycles. The van der Waals surface area contributed by atoms with E-state index in [9.17, 15) is 9.59 Å². The van der Waals surface area contributed by atoms with Crippen molar-refractivity contribution in [3.8, 4) is 0 Å². The van der Waals surface area contributed by atoms with Gasteiger partial charge in [0.15, 0.2) is 0 Å². The molecule has 0 spiro atoms. The van der Waals surface area contributed by atoms with E-state index in [-0.39, 0.29) is 18.2 Å². The van der Waals surface area contributed by atoms with Crippen LogP contribution in [0.15, 0.2) is 29.0 Å². The molecule has 0 saturated carbocycles. The fourth-order valence-electron chi connectivity index (χ4n) is 2.18. The number of likely N-dealkylation sites (N-methyl/N-ethyl adjacent to an activating group) is 1. The van der Waals surface area contributed by atoms with Crippen molar-refractivity contribution in [3.63, 3.8) is 0 Å². The van der Waals surface area contributed by atoms with Crippen molar-refractivity contribution >= 4 is 44.8 Å². The third kappa shape index (κ3) is 3.14. The van der Waals surface area contributed by atoms with Gasteiger partial charge in [-0.3, -0.25) is 4.79 Å². The topological polar surface area (TPSA) is 109 Å². The van der Waals surface area contributed by atoms with Crippen molar-refractivity contribution in [2.45, 2.75) is 6.04 Å². The van der Waals surface area contributed by atoms with Gasteiger partial charge < -0.3 is 15.7 Å². The number of nitrogens with two attached hydrogens (primary N) is 1. The highest BCUT2D eigenvalue weighted by Gasteiger charge is 2.22. The third-order valence-electron chi connectivity index (χ3n) is 3.41. The SMILES string of the molecule is CN(CC(N)c1nc(C(=O)c2cccs2)c2sccc2n1)C(=O)O. The van der Waals surface area contributed by atoms with Crippen LogP contribution in [0.1, 0.15) is 27.2 Å². The van der Waals surface area contributed by atoms with Gasteiger partial charge in [-0.1, -0.05) is 6.07 Å². The lowest BCUT2D eigenvalue weighted by Crippen LogP contribution is -2.34. The monoisotopic (exact) mass is 362 g/mol. The average molecular weight is 362 g/mol. The Labute approximate surface area is 145 Å². The first kappa shape index (κ1) is 16.5. The first-order valence-corrected chi connectivity index (χ1v) is 8.76. The lowest BCUT2D eigenvalue weighted by atomic mass is 10.2. The highest BCUT2D eigenvalue weighted by molar-refractivity contribution is 7.17. The van der Waals surface area contributed by atoms with Crippen LogP contribution in [-0.4, -0.2) is 45.4 Å². The minimum atomic E-state index is -1.09. The Morgan fingerprint density at radius 2 is 2.08 bits per heavy atom. The van der Waals surface area contributed by atoms with Crippen LogP contribution in [0.5, 0.6) is 0 Å². The van der Waals surface area contributed by atoms with Gasteiger partial charge in [0.1, 0.15) is 11.5 Å². The maximum absolute atomic E-state index is 12.7. The molecule has 0 aliphatic carbocycles. The third-order valence-corrected chi connectivity index (χ3v) is 5.19. The van der Waals surface area contributed by atoms with E-state index in [0.717, 1.165) is 4.90 Å². The van der Waals surface area contributed by atoms with Crippen molar-refractivity contribution in [3.05, 3.63) is 45.4 Å². The van der Waals surface area contributed by atoms with Crippen molar-refractivity contribution in [2.75, 3.05) is 13.6 Å². The lowest BCUT2D eigenvalue weighted by molar-refractivity contribution is 0.103. The van der Waals surface area contributed by atoms with Gasteiger partial charge >= 0.3 is 6.09 Å². The number of amides is 1. The smallest absolute Gasteiger partial charge is 0.407 e. The van der Waals surface area contributed by atoms with Gasteiger partial charge in [-0.15, -0.1) is 22.7 Å². The van der Waals surface area contributed by atoms with Crippen LogP contribution in [0.2, 0.25) is 0 Å². The Morgan fingerprint density at radius 1 is 1.29 bits per heavy atom. The zero-order valence-electron chi connectivity index (χ0n) is 12.7. The van der Waals surface area contributed by atoms with Crippen LogP contribution in [0, 0.1) is 0 Å². The summed E-state index contributed by atoms with van der Waals surface area (Å²) in [5.74, 6) is 0.0776. The molecule has 3 rings (SSSR count). The van der Waals surface area contributed by atoms with E-state index < -0.39 is 12.1 Å². The van der Waals surface area contributed by atoms with E-state index in [0.29, 0.717) is 20.8 Å². The van der Waals surface area contributed by atoms with E-state index in [1.807, 2.05) is 10.8 Å². The second kappa shape index (κ2) is 6.63. The number of rotatable bonds is 5. The van der Waals surface area contributed by atoms with Gasteiger partial charge in [-0.25, -0.2) is 14.8 Å². The van der Waals surface area contributed by atoms with Crippen LogP contribution in [0.25, 0.3) is 10.2 Å². The van der Waals surface area contributed by atoms with Gasteiger partial charge in [0, 0.05) is 13.6 Å². The summed E-state index contributed by atoms with van der Waals surface area (Å²) in [7, 11) is 1.42. The van der Waals surface area contributed by atoms with E-state index in [2.05, 4.69) is 9.97 Å². The van der Waals surface area contributed by atoms with Gasteiger partial charge in [0.2, 0.25) is 5.78 Å². The molecule has 3 aromatic rings. The minimum Gasteiger partial charge on any atom is -0.465 e. The molecule has 0 bridgehead atoms. The molecular formula is C15H14N4O3S2. The Kier molecular flexibility index (Phi) is 4.56. The Bertz CT molecular complexity index is 891. The Balaban J connectivity index is 2.01. The average Bonchev–Trinajstić information content (AvgIpc) is 3.24. The quantitative estimate of drug-likeness (QED) is 0.675. The molecule has 0 saturated heterocycles. The number of ketones is 1. The maximum atomic E-state index is 12.7. The lowest BCUT2D eigenvalue weighted by Gasteiger charge is -2.18. The molecule has 1 unspecified atom stereocenters. The van der Waals surface area contributed by atoms with Crippen LogP contribution in [0.3, 0.4) is 0 Å². The maximum Gasteiger partial charge on any atom is 0.407 e. The van der Waals surface area contributed by atoms with Crippen molar-refractivity contribution < 1.29 is 14.7 Å². The molecule has 9 heteroatoms. The van der Waals surface area contributed by atoms with Gasteiger partial charge in [0.05, 0.1) is 21.1 Å². The predicted octanol–water partition coefficient (Wildman–Crippen LogP) is 2.59. The largest absolute Gasteiger partial charge is 0.465 e. The number of fused-ring (bicyclic) bond motifs is 1. The van der Waals surface area contributed by atoms with Crippen molar-refractivity contribution in [1.29, 1.82) is 0 Å². The fraction of sp³-hybridized carbons (Fsp3) is 0.200. The number of carbonyl (C=O) groups excluding carboxylic acids is 1. The summed E-state index contributed by atoms with van der Waals surface area (Å²) in [4.78, 5) is 34.0. The van der Waals surface area contributed by atoms with Gasteiger partial charge in [-0.05, 0) is 22.9 Å². The first-order chi connectivity index (χ1) is 11.5. The number of hydrogen-bond acceptors (Lipinski definition) is 7. The molecule has 0 aromatic carbocycles. The standard InChI is InChI=1S/C15H14N4O3S2/c1-19(15(21)22)7-8(16)14-17-9-4-6-24-13(9)11(18-14)12(20)10-3-2-5-23-10/h2-6,8H,7,16H2,1H3,(H,21,22). The molecule has 1 atom stereocenters. The number of aromatic nitrogens is 2. The van der Waals surface area contributed by atoms with E-state index in [4.69, 9.17) is 10.8 Å². The van der Waals surface area contributed by atoms with Crippen molar-refractivity contribution in [1.82, 2.24) is 14.9 Å². The number of thiophene rings is 2. The predicted molar refractivity (Wildman–Crippen MR) is 92.7 cm³/mol. The highest BCUT2D eigenvalue weighted by atomic mass is 32.1. The summed E-state index contributed by atoms with van der Waals surface area (Å²) in [6.45, 7) is 0.0393. The van der Waals surface area contributed by atoms with E-state index >= 15 is 0 Å². The molecule has 0 radical (unpaired) electrons. The molecule has 0 fully saturated rings. The van der Waals surface area contributed by atoms with Crippen molar-refractivity contribution in [2.24, 2.45) is 5.73 Å². The van der Waals surface area contributed by atoms with Gasteiger partial charge in [-0.2, -0.15) is 0 Å². The summed E-state index contributed by atoms with van der Waals surface area (Å²) in [5, 5.41) is 12.6. The second-order valence-electron chi connectivity index (χ2n) is 5.14. The summed E-state index contributed by atoms with van der Waals surface area (Å²) in [6, 6.07) is 4.63. The van der Waals surface area contributed by atoms with E-state index in [1.54, 1.807) is 18.2 Å². The second-order valence-corrected chi connectivity index (χ2v) is 7.01. The van der Waals surface area contributed by atoms with Gasteiger partial charge in [0.25, 0.3) is 0 Å². The van der Waals surface area contributed by atoms with Crippen LogP contribution >= 0.6 is 22.7 Å².